The molecular weight excluding hydrogens is 470 g/mol. The van der Waals surface area contributed by atoms with Crippen LogP contribution in [0.15, 0.2) is 24.5 Å². The summed E-state index contributed by atoms with van der Waals surface area (Å²) in [4.78, 5) is 7.14. The molecule has 2 aromatic rings. The molecule has 0 unspecified atom stereocenters. The number of hydrogen-bond acceptors (Lipinski definition) is 9. The quantitative estimate of drug-likeness (QED) is 0.221. The number of aryl methyl sites for hydroxylation is 1. The summed E-state index contributed by atoms with van der Waals surface area (Å²) in [6.45, 7) is -1.68. The third-order valence-electron chi connectivity index (χ3n) is 3.55. The molecule has 1 aromatic heterocycles. The van der Waals surface area contributed by atoms with Gasteiger partial charge in [-0.1, -0.05) is 0 Å². The first-order chi connectivity index (χ1) is 14.9. The molecule has 0 spiro atoms. The number of nitrogens with zero attached hydrogens (tertiary/aromatic N) is 3. The fourth-order valence-corrected chi connectivity index (χ4v) is 2.63. The fraction of sp³-hybridized carbons (Fsp3) is 0.412. The van der Waals surface area contributed by atoms with Crippen LogP contribution in [0.3, 0.4) is 0 Å². The number of methoxy groups -OCH3 is 1. The second-order valence-electron chi connectivity index (χ2n) is 6.08. The molecule has 0 radical (unpaired) electrons. The zero-order valence-corrected chi connectivity index (χ0v) is 17.7. The van der Waals surface area contributed by atoms with Crippen LogP contribution >= 0.6 is 12.2 Å². The van der Waals surface area contributed by atoms with Crippen molar-refractivity contribution in [3.05, 3.63) is 30.1 Å². The summed E-state index contributed by atoms with van der Waals surface area (Å²) in [7, 11) is 2.79. The monoisotopic (exact) mass is 488 g/mol. The van der Waals surface area contributed by atoms with Gasteiger partial charge >= 0.3 is 12.4 Å². The first-order valence-corrected chi connectivity index (χ1v) is 9.31. The Morgan fingerprint density at radius 3 is 2.03 bits per heavy atom. The van der Waals surface area contributed by atoms with Crippen molar-refractivity contribution < 1.29 is 44.8 Å². The number of ether oxygens (including phenoxy) is 3. The summed E-state index contributed by atoms with van der Waals surface area (Å²) in [5, 5.41) is 0. The number of rotatable bonds is 10. The molecule has 0 aliphatic heterocycles. The second kappa shape index (κ2) is 10.7. The van der Waals surface area contributed by atoms with Gasteiger partial charge in [-0.05, 0) is 30.7 Å². The number of benzene rings is 1. The molecule has 0 fully saturated rings. The highest BCUT2D eigenvalue weighted by Crippen LogP contribution is 2.38. The summed E-state index contributed by atoms with van der Waals surface area (Å²) in [6, 6.07) is 5.03. The Bertz CT molecular complexity index is 864. The Hall–Kier alpha value is -2.81. The van der Waals surface area contributed by atoms with E-state index < -0.39 is 37.3 Å². The summed E-state index contributed by atoms with van der Waals surface area (Å²) in [5.74, 6) is -0.681. The molecule has 0 aliphatic rings. The number of nitrogens with one attached hydrogen (secondary N) is 1. The minimum atomic E-state index is -4.70. The summed E-state index contributed by atoms with van der Waals surface area (Å²) in [5.41, 5.74) is 3.50. The van der Waals surface area contributed by atoms with E-state index in [1.54, 1.807) is 25.1 Å². The number of anilines is 2. The average molecular weight is 488 g/mol. The lowest BCUT2D eigenvalue weighted by molar-refractivity contribution is -0.154. The lowest BCUT2D eigenvalue weighted by Gasteiger charge is -2.22. The van der Waals surface area contributed by atoms with Gasteiger partial charge in [0.2, 0.25) is 11.8 Å². The van der Waals surface area contributed by atoms with Crippen LogP contribution in [0.5, 0.6) is 17.5 Å². The summed E-state index contributed by atoms with van der Waals surface area (Å²) >= 11 is 0.526. The van der Waals surface area contributed by atoms with E-state index in [0.717, 1.165) is 16.2 Å². The maximum absolute atomic E-state index is 12.6. The minimum absolute atomic E-state index is 0.390. The molecular formula is C17H18F6N4O4S. The molecule has 1 aromatic carbocycles. The molecule has 0 amide bonds. The first-order valence-electron chi connectivity index (χ1n) is 8.61. The van der Waals surface area contributed by atoms with E-state index in [4.69, 9.17) is 9.02 Å². The number of aromatic nitrogens is 2. The minimum Gasteiger partial charge on any atom is -0.497 e. The second-order valence-corrected chi connectivity index (χ2v) is 6.94. The summed E-state index contributed by atoms with van der Waals surface area (Å²) in [6.07, 6.45) is -8.69. The SMILES string of the molecule is COc1ccc(NOSN(C)c2c(OCC(F)(F)F)ncnc2OCC(F)(F)F)c(C)c1. The van der Waals surface area contributed by atoms with E-state index >= 15 is 0 Å². The number of hydrogen-bond donors (Lipinski definition) is 1. The van der Waals surface area contributed by atoms with E-state index in [0.29, 0.717) is 23.7 Å². The van der Waals surface area contributed by atoms with Gasteiger partial charge in [-0.2, -0.15) is 40.6 Å². The van der Waals surface area contributed by atoms with Crippen LogP contribution in [-0.2, 0) is 4.28 Å². The van der Waals surface area contributed by atoms with Crippen molar-refractivity contribution in [3.63, 3.8) is 0 Å². The predicted octanol–water partition coefficient (Wildman–Crippen LogP) is 4.72. The Balaban J connectivity index is 2.17. The van der Waals surface area contributed by atoms with Gasteiger partial charge in [-0.15, -0.1) is 0 Å². The molecule has 32 heavy (non-hydrogen) atoms. The van der Waals surface area contributed by atoms with Crippen LogP contribution in [0.1, 0.15) is 5.56 Å². The Morgan fingerprint density at radius 1 is 1.00 bits per heavy atom. The van der Waals surface area contributed by atoms with Crippen molar-refractivity contribution in [1.82, 2.24) is 9.97 Å². The molecule has 1 heterocycles. The van der Waals surface area contributed by atoms with Gasteiger partial charge < -0.3 is 14.2 Å². The Labute approximate surface area is 183 Å². The van der Waals surface area contributed by atoms with Crippen LogP contribution in [-0.4, -0.2) is 49.7 Å². The van der Waals surface area contributed by atoms with E-state index in [1.807, 2.05) is 0 Å². The largest absolute Gasteiger partial charge is 0.497 e. The fourth-order valence-electron chi connectivity index (χ4n) is 2.16. The predicted molar refractivity (Wildman–Crippen MR) is 104 cm³/mol. The molecule has 0 saturated carbocycles. The van der Waals surface area contributed by atoms with Crippen LogP contribution in [0.25, 0.3) is 0 Å². The number of halogens is 6. The van der Waals surface area contributed by atoms with E-state index in [9.17, 15) is 26.3 Å². The Kier molecular flexibility index (Phi) is 8.49. The topological polar surface area (TPSA) is 78.0 Å². The lowest BCUT2D eigenvalue weighted by Crippen LogP contribution is -2.23. The van der Waals surface area contributed by atoms with Crippen molar-refractivity contribution in [2.75, 3.05) is 37.2 Å². The molecule has 178 valence electrons. The number of alkyl halides is 6. The van der Waals surface area contributed by atoms with Gasteiger partial charge in [-0.25, -0.2) is 0 Å². The van der Waals surface area contributed by atoms with Crippen molar-refractivity contribution in [2.24, 2.45) is 0 Å². The molecule has 0 aliphatic carbocycles. The van der Waals surface area contributed by atoms with E-state index in [1.165, 1.54) is 14.2 Å². The molecule has 15 heteroatoms. The van der Waals surface area contributed by atoms with Crippen molar-refractivity contribution in [3.8, 4) is 17.5 Å². The van der Waals surface area contributed by atoms with Crippen molar-refractivity contribution in [2.45, 2.75) is 19.3 Å². The lowest BCUT2D eigenvalue weighted by atomic mass is 10.2. The third-order valence-corrected chi connectivity index (χ3v) is 4.11. The van der Waals surface area contributed by atoms with Gasteiger partial charge in [0.1, 0.15) is 24.3 Å². The van der Waals surface area contributed by atoms with Gasteiger partial charge in [0.05, 0.1) is 12.8 Å². The van der Waals surface area contributed by atoms with Gasteiger partial charge in [0, 0.05) is 7.05 Å². The summed E-state index contributed by atoms with van der Waals surface area (Å²) < 4.78 is 95.9. The van der Waals surface area contributed by atoms with Crippen molar-refractivity contribution in [1.29, 1.82) is 0 Å². The molecule has 8 nitrogen and oxygen atoms in total. The molecule has 0 bridgehead atoms. The normalized spacial score (nSPS) is 11.8. The van der Waals surface area contributed by atoms with Crippen LogP contribution in [0, 0.1) is 6.92 Å². The highest BCUT2D eigenvalue weighted by atomic mass is 32.2. The zero-order valence-electron chi connectivity index (χ0n) is 16.9. The average Bonchev–Trinajstić information content (AvgIpc) is 2.70. The van der Waals surface area contributed by atoms with Crippen LogP contribution < -0.4 is 24.0 Å². The van der Waals surface area contributed by atoms with E-state index in [2.05, 4.69) is 24.9 Å². The maximum atomic E-state index is 12.6. The van der Waals surface area contributed by atoms with Gasteiger partial charge in [0.15, 0.2) is 18.9 Å². The molecule has 1 N–H and O–H groups in total. The Morgan fingerprint density at radius 2 is 1.56 bits per heavy atom. The molecule has 0 saturated heterocycles. The molecule has 2 rings (SSSR count). The highest BCUT2D eigenvalue weighted by Gasteiger charge is 2.32. The standard InChI is InChI=1S/C17H18F6N4O4S/c1-10-6-11(28-3)4-5-12(10)26-31-32-27(2)13-14(29-7-16(18,19)20)24-9-25-15(13)30-8-17(21,22)23/h4-6,9,26H,7-8H2,1-3H3. The third kappa shape index (κ3) is 8.03. The van der Waals surface area contributed by atoms with Crippen molar-refractivity contribution >= 4 is 23.6 Å². The first kappa shape index (κ1) is 25.5. The van der Waals surface area contributed by atoms with Gasteiger partial charge in [0.25, 0.3) is 0 Å². The maximum Gasteiger partial charge on any atom is 0.422 e. The highest BCUT2D eigenvalue weighted by molar-refractivity contribution is 7.96. The van der Waals surface area contributed by atoms with E-state index in [-0.39, 0.29) is 5.69 Å². The molecule has 0 atom stereocenters. The van der Waals surface area contributed by atoms with Crippen LogP contribution in [0.2, 0.25) is 0 Å². The smallest absolute Gasteiger partial charge is 0.422 e. The zero-order chi connectivity index (χ0) is 23.9. The van der Waals surface area contributed by atoms with Gasteiger partial charge in [-0.3, -0.25) is 9.79 Å². The van der Waals surface area contributed by atoms with Crippen LogP contribution in [0.4, 0.5) is 37.7 Å².